The zero-order valence-electron chi connectivity index (χ0n) is 14.2. The van der Waals surface area contributed by atoms with E-state index in [1.807, 2.05) is 17.5 Å². The minimum atomic E-state index is 0.710. The molecule has 6 heteroatoms. The second-order valence-electron chi connectivity index (χ2n) is 6.50. The molecule has 0 atom stereocenters. The van der Waals surface area contributed by atoms with Crippen molar-refractivity contribution in [1.29, 1.82) is 0 Å². The van der Waals surface area contributed by atoms with E-state index in [0.29, 0.717) is 5.82 Å². The summed E-state index contributed by atoms with van der Waals surface area (Å²) >= 11 is 1.89. The minimum absolute atomic E-state index is 0.710. The molecule has 1 aromatic carbocycles. The fraction of sp³-hybridized carbons (Fsp3) is 0.200. The Kier molecular flexibility index (Phi) is 3.92. The third kappa shape index (κ3) is 2.98. The maximum Gasteiger partial charge on any atom is 0.162 e. The second kappa shape index (κ2) is 6.55. The number of rotatable bonds is 3. The summed E-state index contributed by atoms with van der Waals surface area (Å²) in [4.78, 5) is 21.3. The normalized spacial score (nSPS) is 14.5. The van der Waals surface area contributed by atoms with Crippen LogP contribution in [-0.2, 0) is 19.5 Å². The quantitative estimate of drug-likeness (QED) is 0.558. The Labute approximate surface area is 155 Å². The lowest BCUT2D eigenvalue weighted by atomic mass is 10.1. The van der Waals surface area contributed by atoms with E-state index in [4.69, 9.17) is 4.98 Å². The Bertz CT molecular complexity index is 1030. The standard InChI is InChI=1S/C20H17N5S/c1-2-4-19-14(3-1)7-17(26-19)12-25-6-5-18-16(11-25)10-23-20(24-18)15-8-21-13-22-9-15/h1-4,7-10,13H,5-6,11-12H2. The summed E-state index contributed by atoms with van der Waals surface area (Å²) in [6.07, 6.45) is 7.94. The summed E-state index contributed by atoms with van der Waals surface area (Å²) < 4.78 is 1.36. The largest absolute Gasteiger partial charge is 0.293 e. The van der Waals surface area contributed by atoms with Crippen LogP contribution < -0.4 is 0 Å². The number of fused-ring (bicyclic) bond motifs is 2. The van der Waals surface area contributed by atoms with Gasteiger partial charge in [-0.2, -0.15) is 0 Å². The van der Waals surface area contributed by atoms with Gasteiger partial charge in [-0.1, -0.05) is 18.2 Å². The molecule has 0 amide bonds. The van der Waals surface area contributed by atoms with Gasteiger partial charge in [-0.25, -0.2) is 19.9 Å². The fourth-order valence-corrected chi connectivity index (χ4v) is 4.51. The molecule has 3 aromatic heterocycles. The molecule has 1 aliphatic rings. The lowest BCUT2D eigenvalue weighted by Gasteiger charge is -2.27. The van der Waals surface area contributed by atoms with Crippen LogP contribution in [0.4, 0.5) is 0 Å². The Morgan fingerprint density at radius 2 is 1.96 bits per heavy atom. The highest BCUT2D eigenvalue weighted by Gasteiger charge is 2.19. The predicted octanol–water partition coefficient (Wildman–Crippen LogP) is 3.71. The molecule has 0 unspecified atom stereocenters. The first-order chi connectivity index (χ1) is 12.8. The lowest BCUT2D eigenvalue weighted by Crippen LogP contribution is -2.30. The lowest BCUT2D eigenvalue weighted by molar-refractivity contribution is 0.245. The Morgan fingerprint density at radius 1 is 1.08 bits per heavy atom. The summed E-state index contributed by atoms with van der Waals surface area (Å²) in [5, 5.41) is 1.34. The molecule has 4 aromatic rings. The van der Waals surface area contributed by atoms with E-state index in [2.05, 4.69) is 50.2 Å². The van der Waals surface area contributed by atoms with Gasteiger partial charge in [0.05, 0.1) is 11.3 Å². The van der Waals surface area contributed by atoms with Gasteiger partial charge in [-0.15, -0.1) is 11.3 Å². The van der Waals surface area contributed by atoms with Crippen LogP contribution in [0.2, 0.25) is 0 Å². The number of benzene rings is 1. The third-order valence-corrected chi connectivity index (χ3v) is 5.79. The smallest absolute Gasteiger partial charge is 0.162 e. The molecule has 1 aliphatic heterocycles. The number of aromatic nitrogens is 4. The summed E-state index contributed by atoms with van der Waals surface area (Å²) in [6.45, 7) is 2.89. The Balaban J connectivity index is 1.35. The average molecular weight is 359 g/mol. The topological polar surface area (TPSA) is 54.8 Å². The molecule has 0 saturated carbocycles. The number of hydrogen-bond acceptors (Lipinski definition) is 6. The van der Waals surface area contributed by atoms with E-state index in [1.165, 1.54) is 26.9 Å². The molecule has 5 rings (SSSR count). The SMILES string of the molecule is c1ccc2sc(CN3CCc4nc(-c5cncnc5)ncc4C3)cc2c1. The van der Waals surface area contributed by atoms with Crippen molar-refractivity contribution in [3.63, 3.8) is 0 Å². The van der Waals surface area contributed by atoms with E-state index < -0.39 is 0 Å². The van der Waals surface area contributed by atoms with Gasteiger partial charge in [0.15, 0.2) is 5.82 Å². The van der Waals surface area contributed by atoms with Crippen molar-refractivity contribution in [3.8, 4) is 11.4 Å². The van der Waals surface area contributed by atoms with Crippen LogP contribution >= 0.6 is 11.3 Å². The first kappa shape index (κ1) is 15.5. The summed E-state index contributed by atoms with van der Waals surface area (Å²) in [5.41, 5.74) is 3.23. The maximum atomic E-state index is 4.74. The summed E-state index contributed by atoms with van der Waals surface area (Å²) in [6, 6.07) is 10.9. The van der Waals surface area contributed by atoms with Crippen LogP contribution in [0.1, 0.15) is 16.1 Å². The average Bonchev–Trinajstić information content (AvgIpc) is 3.10. The number of thiophene rings is 1. The van der Waals surface area contributed by atoms with E-state index in [-0.39, 0.29) is 0 Å². The van der Waals surface area contributed by atoms with Gasteiger partial charge >= 0.3 is 0 Å². The molecule has 0 bridgehead atoms. The molecule has 0 radical (unpaired) electrons. The summed E-state index contributed by atoms with van der Waals surface area (Å²) in [7, 11) is 0. The number of nitrogens with zero attached hydrogens (tertiary/aromatic N) is 5. The van der Waals surface area contributed by atoms with Crippen LogP contribution in [0.3, 0.4) is 0 Å². The first-order valence-electron chi connectivity index (χ1n) is 8.65. The van der Waals surface area contributed by atoms with Gasteiger partial charge in [0.25, 0.3) is 0 Å². The van der Waals surface area contributed by atoms with Crippen LogP contribution in [0, 0.1) is 0 Å². The van der Waals surface area contributed by atoms with Crippen molar-refractivity contribution in [2.45, 2.75) is 19.5 Å². The molecular weight excluding hydrogens is 342 g/mol. The molecule has 0 saturated heterocycles. The monoisotopic (exact) mass is 359 g/mol. The van der Waals surface area contributed by atoms with Gasteiger partial charge in [0.1, 0.15) is 6.33 Å². The maximum absolute atomic E-state index is 4.74. The molecule has 0 N–H and O–H groups in total. The van der Waals surface area contributed by atoms with Gasteiger partial charge in [0.2, 0.25) is 0 Å². The zero-order valence-corrected chi connectivity index (χ0v) is 15.0. The molecule has 5 nitrogen and oxygen atoms in total. The van der Waals surface area contributed by atoms with Gasteiger partial charge in [-0.3, -0.25) is 4.90 Å². The zero-order chi connectivity index (χ0) is 17.3. The minimum Gasteiger partial charge on any atom is -0.293 e. The second-order valence-corrected chi connectivity index (χ2v) is 7.67. The Hall–Kier alpha value is -2.70. The highest BCUT2D eigenvalue weighted by atomic mass is 32.1. The highest BCUT2D eigenvalue weighted by molar-refractivity contribution is 7.19. The molecule has 0 spiro atoms. The predicted molar refractivity (Wildman–Crippen MR) is 103 cm³/mol. The van der Waals surface area contributed by atoms with Crippen LogP contribution in [0.25, 0.3) is 21.5 Å². The fourth-order valence-electron chi connectivity index (χ4n) is 3.40. The summed E-state index contributed by atoms with van der Waals surface area (Å²) in [5.74, 6) is 0.710. The van der Waals surface area contributed by atoms with Crippen LogP contribution in [-0.4, -0.2) is 31.4 Å². The van der Waals surface area contributed by atoms with Crippen LogP contribution in [0.5, 0.6) is 0 Å². The van der Waals surface area contributed by atoms with Gasteiger partial charge in [-0.05, 0) is 17.5 Å². The van der Waals surface area contributed by atoms with Crippen molar-refractivity contribution >= 4 is 21.4 Å². The van der Waals surface area contributed by atoms with E-state index in [1.54, 1.807) is 12.4 Å². The van der Waals surface area contributed by atoms with Crippen molar-refractivity contribution in [2.24, 2.45) is 0 Å². The van der Waals surface area contributed by atoms with Crippen molar-refractivity contribution in [1.82, 2.24) is 24.8 Å². The third-order valence-electron chi connectivity index (χ3n) is 4.69. The van der Waals surface area contributed by atoms with Crippen molar-refractivity contribution < 1.29 is 0 Å². The van der Waals surface area contributed by atoms with Gasteiger partial charge in [0, 0.05) is 59.8 Å². The van der Waals surface area contributed by atoms with E-state index in [9.17, 15) is 0 Å². The molecule has 0 fully saturated rings. The van der Waals surface area contributed by atoms with Crippen LogP contribution in [0.15, 0.2) is 55.2 Å². The molecule has 128 valence electrons. The van der Waals surface area contributed by atoms with Crippen molar-refractivity contribution in [3.05, 3.63) is 71.4 Å². The van der Waals surface area contributed by atoms with E-state index >= 15 is 0 Å². The molecule has 4 heterocycles. The van der Waals surface area contributed by atoms with Gasteiger partial charge < -0.3 is 0 Å². The van der Waals surface area contributed by atoms with E-state index in [0.717, 1.165) is 37.3 Å². The molecule has 26 heavy (non-hydrogen) atoms. The Morgan fingerprint density at radius 3 is 2.85 bits per heavy atom. The molecule has 0 aliphatic carbocycles. The highest BCUT2D eigenvalue weighted by Crippen LogP contribution is 2.28. The number of hydrogen-bond donors (Lipinski definition) is 0. The first-order valence-corrected chi connectivity index (χ1v) is 9.47. The molecular formula is C20H17N5S. The van der Waals surface area contributed by atoms with Crippen molar-refractivity contribution in [2.75, 3.05) is 6.54 Å².